The Balaban J connectivity index is 1.86. The molecule has 2 N–H and O–H groups in total. The van der Waals surface area contributed by atoms with Gasteiger partial charge in [-0.2, -0.15) is 4.83 Å². The van der Waals surface area contributed by atoms with Crippen molar-refractivity contribution in [3.8, 4) is 0 Å². The predicted molar refractivity (Wildman–Crippen MR) is 104 cm³/mol. The fraction of sp³-hybridized carbons (Fsp3) is 0.0500. The molecule has 0 aliphatic carbocycles. The highest BCUT2D eigenvalue weighted by Gasteiger charge is 2.12. The third-order valence-electron chi connectivity index (χ3n) is 3.70. The van der Waals surface area contributed by atoms with Crippen LogP contribution in [0.2, 0.25) is 0 Å². The summed E-state index contributed by atoms with van der Waals surface area (Å²) in [6.07, 6.45) is 10.0. The lowest BCUT2D eigenvalue weighted by molar-refractivity contribution is 0.977. The zero-order chi connectivity index (χ0) is 16.8. The van der Waals surface area contributed by atoms with E-state index in [1.165, 1.54) is 6.21 Å². The van der Waals surface area contributed by atoms with Gasteiger partial charge in [0, 0.05) is 23.1 Å². The second kappa shape index (κ2) is 7.81. The number of benzene rings is 2. The highest BCUT2D eigenvalue weighted by molar-refractivity contribution is 7.97. The summed E-state index contributed by atoms with van der Waals surface area (Å²) in [5.41, 5.74) is 4.27. The molecule has 1 heterocycles. The largest absolute Gasteiger partial charge is 0.313 e. The van der Waals surface area contributed by atoms with Gasteiger partial charge < -0.3 is 5.41 Å². The van der Waals surface area contributed by atoms with Gasteiger partial charge in [-0.25, -0.2) is 0 Å². The molecule has 0 atom stereocenters. The SMILES string of the molecule is C=C1/C=C\C=C/N(NSc2ccccc2CC=N)c2ccccc21. The number of nitrogens with one attached hydrogen (secondary N) is 2. The van der Waals surface area contributed by atoms with Crippen molar-refractivity contribution in [3.05, 3.63) is 90.7 Å². The summed E-state index contributed by atoms with van der Waals surface area (Å²) in [6, 6.07) is 16.3. The molecule has 0 amide bonds. The zero-order valence-electron chi connectivity index (χ0n) is 13.3. The Morgan fingerprint density at radius 2 is 1.88 bits per heavy atom. The lowest BCUT2D eigenvalue weighted by atomic mass is 10.0. The second-order valence-electron chi connectivity index (χ2n) is 5.32. The number of fused-ring (bicyclic) bond motifs is 1. The maximum Gasteiger partial charge on any atom is 0.0658 e. The average Bonchev–Trinajstić information content (AvgIpc) is 2.61. The number of hydrogen-bond acceptors (Lipinski definition) is 4. The van der Waals surface area contributed by atoms with E-state index in [-0.39, 0.29) is 0 Å². The Hall–Kier alpha value is -2.56. The van der Waals surface area contributed by atoms with Crippen molar-refractivity contribution >= 4 is 29.4 Å². The molecule has 0 saturated carbocycles. The van der Waals surface area contributed by atoms with Crippen LogP contribution in [0.1, 0.15) is 11.1 Å². The molecule has 0 fully saturated rings. The van der Waals surface area contributed by atoms with E-state index >= 15 is 0 Å². The van der Waals surface area contributed by atoms with Gasteiger partial charge in [0.2, 0.25) is 0 Å². The first-order chi connectivity index (χ1) is 11.8. The van der Waals surface area contributed by atoms with Crippen LogP contribution in [0.4, 0.5) is 5.69 Å². The fourth-order valence-corrected chi connectivity index (χ4v) is 3.28. The highest BCUT2D eigenvalue weighted by Crippen LogP contribution is 2.29. The van der Waals surface area contributed by atoms with Crippen LogP contribution in [0.3, 0.4) is 0 Å². The molecule has 24 heavy (non-hydrogen) atoms. The molecule has 4 heteroatoms. The third-order valence-corrected chi connectivity index (χ3v) is 4.61. The normalized spacial score (nSPS) is 16.0. The van der Waals surface area contributed by atoms with Gasteiger partial charge in [-0.3, -0.25) is 5.01 Å². The van der Waals surface area contributed by atoms with Crippen LogP contribution in [0, 0.1) is 5.41 Å². The second-order valence-corrected chi connectivity index (χ2v) is 6.15. The minimum Gasteiger partial charge on any atom is -0.313 e. The summed E-state index contributed by atoms with van der Waals surface area (Å²) in [4.78, 5) is 4.51. The first-order valence-corrected chi connectivity index (χ1v) is 8.53. The molecule has 0 aromatic heterocycles. The van der Waals surface area contributed by atoms with Gasteiger partial charge in [-0.05, 0) is 47.5 Å². The Morgan fingerprint density at radius 1 is 1.08 bits per heavy atom. The molecule has 1 aliphatic rings. The van der Waals surface area contributed by atoms with E-state index < -0.39 is 0 Å². The van der Waals surface area contributed by atoms with E-state index in [4.69, 9.17) is 5.41 Å². The summed E-state index contributed by atoms with van der Waals surface area (Å²) < 4.78 is 0. The van der Waals surface area contributed by atoms with Crippen LogP contribution in [0.25, 0.3) is 5.57 Å². The smallest absolute Gasteiger partial charge is 0.0658 e. The maximum absolute atomic E-state index is 7.34. The van der Waals surface area contributed by atoms with Gasteiger partial charge in [0.05, 0.1) is 5.69 Å². The van der Waals surface area contributed by atoms with Crippen LogP contribution in [-0.2, 0) is 6.42 Å². The summed E-state index contributed by atoms with van der Waals surface area (Å²) >= 11 is 1.54. The van der Waals surface area contributed by atoms with E-state index in [1.807, 2.05) is 53.7 Å². The molecular formula is C20H19N3S. The number of anilines is 1. The number of rotatable bonds is 5. The van der Waals surface area contributed by atoms with Crippen molar-refractivity contribution in [2.45, 2.75) is 11.3 Å². The fourth-order valence-electron chi connectivity index (χ4n) is 2.49. The molecule has 0 saturated heterocycles. The van der Waals surface area contributed by atoms with Gasteiger partial charge in [0.15, 0.2) is 0 Å². The zero-order valence-corrected chi connectivity index (χ0v) is 14.1. The van der Waals surface area contributed by atoms with E-state index in [0.29, 0.717) is 6.42 Å². The van der Waals surface area contributed by atoms with E-state index in [9.17, 15) is 0 Å². The predicted octanol–water partition coefficient (Wildman–Crippen LogP) is 4.99. The molecule has 3 rings (SSSR count). The topological polar surface area (TPSA) is 39.1 Å². The van der Waals surface area contributed by atoms with E-state index in [0.717, 1.165) is 27.3 Å². The number of para-hydroxylation sites is 1. The molecule has 0 bridgehead atoms. The van der Waals surface area contributed by atoms with Gasteiger partial charge >= 0.3 is 0 Å². The molecule has 1 aliphatic heterocycles. The van der Waals surface area contributed by atoms with Crippen LogP contribution < -0.4 is 9.84 Å². The van der Waals surface area contributed by atoms with Gasteiger partial charge in [0.1, 0.15) is 0 Å². The number of hydrazine groups is 1. The molecule has 0 unspecified atom stereocenters. The van der Waals surface area contributed by atoms with Crippen molar-refractivity contribution in [2.75, 3.05) is 5.01 Å². The molecular weight excluding hydrogens is 314 g/mol. The van der Waals surface area contributed by atoms with Gasteiger partial charge in [-0.15, -0.1) is 0 Å². The molecule has 2 aromatic rings. The number of allylic oxidation sites excluding steroid dienone is 4. The van der Waals surface area contributed by atoms with Crippen LogP contribution in [-0.4, -0.2) is 6.21 Å². The average molecular weight is 333 g/mol. The summed E-state index contributed by atoms with van der Waals surface area (Å²) in [6.45, 7) is 4.14. The lowest BCUT2D eigenvalue weighted by Crippen LogP contribution is -2.28. The maximum atomic E-state index is 7.34. The molecule has 2 aromatic carbocycles. The van der Waals surface area contributed by atoms with Gasteiger partial charge in [0.25, 0.3) is 0 Å². The Kier molecular flexibility index (Phi) is 5.31. The first-order valence-electron chi connectivity index (χ1n) is 7.71. The van der Waals surface area contributed by atoms with Gasteiger partial charge in [-0.1, -0.05) is 55.1 Å². The lowest BCUT2D eigenvalue weighted by Gasteiger charge is -2.25. The van der Waals surface area contributed by atoms with E-state index in [1.54, 1.807) is 11.9 Å². The Bertz CT molecular complexity index is 808. The summed E-state index contributed by atoms with van der Waals surface area (Å²) in [7, 11) is 0. The Labute approximate surface area is 147 Å². The minimum atomic E-state index is 0.636. The standard InChI is InChI=1S/C20H19N3S/c1-16-8-6-7-15-23(19-11-4-3-10-18(16)19)22-24-20-12-5-2-9-17(20)13-14-21/h2-12,14-15,21-22H,1,13H2/b8-6-,15-7-,21-14?. The van der Waals surface area contributed by atoms with Crippen molar-refractivity contribution in [1.29, 1.82) is 5.41 Å². The van der Waals surface area contributed by atoms with Crippen molar-refractivity contribution in [1.82, 2.24) is 4.83 Å². The summed E-state index contributed by atoms with van der Waals surface area (Å²) in [5, 5.41) is 9.34. The quantitative estimate of drug-likeness (QED) is 0.598. The molecule has 3 nitrogen and oxygen atoms in total. The number of hydrogen-bond donors (Lipinski definition) is 2. The molecule has 0 radical (unpaired) electrons. The van der Waals surface area contributed by atoms with Crippen LogP contribution in [0.15, 0.2) is 84.4 Å². The molecule has 120 valence electrons. The van der Waals surface area contributed by atoms with E-state index in [2.05, 4.69) is 35.7 Å². The van der Waals surface area contributed by atoms with Crippen LogP contribution >= 0.6 is 11.9 Å². The van der Waals surface area contributed by atoms with Crippen molar-refractivity contribution < 1.29 is 0 Å². The molecule has 0 spiro atoms. The minimum absolute atomic E-state index is 0.636. The van der Waals surface area contributed by atoms with Crippen molar-refractivity contribution in [2.24, 2.45) is 0 Å². The Morgan fingerprint density at radius 3 is 2.75 bits per heavy atom. The monoisotopic (exact) mass is 333 g/mol. The number of nitrogens with zero attached hydrogens (tertiary/aromatic N) is 1. The highest BCUT2D eigenvalue weighted by atomic mass is 32.2. The van der Waals surface area contributed by atoms with Crippen LogP contribution in [0.5, 0.6) is 0 Å². The first kappa shape index (κ1) is 16.3. The summed E-state index contributed by atoms with van der Waals surface area (Å²) in [5.74, 6) is 0. The third kappa shape index (κ3) is 3.67. The van der Waals surface area contributed by atoms with Crippen molar-refractivity contribution in [3.63, 3.8) is 0 Å².